The standard InChI is InChI=1S/C21H21BrN2O3S/c1-13-20(15-6-8-16(22)9-7-15)24-21(28-13)23-19(25)11-5-14-4-10-17(26-2)18(12-14)27-3/h4,6-10,12H,5,11H2,1-3H3,(H,23,24,25). The molecule has 5 nitrogen and oxygen atoms in total. The lowest BCUT2D eigenvalue weighted by molar-refractivity contribution is -0.116. The Kier molecular flexibility index (Phi) is 6.70. The summed E-state index contributed by atoms with van der Waals surface area (Å²) < 4.78 is 11.6. The van der Waals surface area contributed by atoms with E-state index in [0.717, 1.165) is 26.2 Å². The van der Waals surface area contributed by atoms with E-state index >= 15 is 0 Å². The first-order valence-electron chi connectivity index (χ1n) is 8.74. The van der Waals surface area contributed by atoms with Gasteiger partial charge in [0.2, 0.25) is 5.91 Å². The number of thiazole rings is 1. The minimum atomic E-state index is -0.0640. The number of anilines is 1. The van der Waals surface area contributed by atoms with Crippen molar-refractivity contribution in [3.63, 3.8) is 0 Å². The van der Waals surface area contributed by atoms with Crippen molar-refractivity contribution in [2.24, 2.45) is 0 Å². The third-order valence-corrected chi connectivity index (χ3v) is 5.66. The maximum Gasteiger partial charge on any atom is 0.226 e. The second-order valence-corrected chi connectivity index (χ2v) is 8.29. The highest BCUT2D eigenvalue weighted by Crippen LogP contribution is 2.31. The smallest absolute Gasteiger partial charge is 0.226 e. The molecule has 2 aromatic carbocycles. The van der Waals surface area contributed by atoms with Crippen LogP contribution in [0.1, 0.15) is 16.9 Å². The lowest BCUT2D eigenvalue weighted by Gasteiger charge is -2.09. The minimum absolute atomic E-state index is 0.0640. The molecule has 1 aromatic heterocycles. The van der Waals surface area contributed by atoms with Crippen molar-refractivity contribution in [3.8, 4) is 22.8 Å². The van der Waals surface area contributed by atoms with Crippen molar-refractivity contribution in [2.45, 2.75) is 19.8 Å². The van der Waals surface area contributed by atoms with Crippen LogP contribution in [0.4, 0.5) is 5.13 Å². The lowest BCUT2D eigenvalue weighted by atomic mass is 10.1. The van der Waals surface area contributed by atoms with Gasteiger partial charge in [0, 0.05) is 21.3 Å². The highest BCUT2D eigenvalue weighted by atomic mass is 79.9. The van der Waals surface area contributed by atoms with Crippen molar-refractivity contribution in [1.82, 2.24) is 4.98 Å². The van der Waals surface area contributed by atoms with Gasteiger partial charge in [-0.1, -0.05) is 34.1 Å². The van der Waals surface area contributed by atoms with Gasteiger partial charge in [0.25, 0.3) is 0 Å². The van der Waals surface area contributed by atoms with Gasteiger partial charge < -0.3 is 14.8 Å². The van der Waals surface area contributed by atoms with E-state index in [-0.39, 0.29) is 5.91 Å². The second kappa shape index (κ2) is 9.21. The second-order valence-electron chi connectivity index (χ2n) is 6.17. The summed E-state index contributed by atoms with van der Waals surface area (Å²) in [6.07, 6.45) is 0.970. The highest BCUT2D eigenvalue weighted by molar-refractivity contribution is 9.10. The maximum absolute atomic E-state index is 12.4. The molecular weight excluding hydrogens is 440 g/mol. The molecule has 0 atom stereocenters. The molecule has 0 saturated heterocycles. The van der Waals surface area contributed by atoms with E-state index in [2.05, 4.69) is 26.2 Å². The molecule has 1 heterocycles. The van der Waals surface area contributed by atoms with Crippen LogP contribution < -0.4 is 14.8 Å². The third kappa shape index (κ3) is 4.91. The number of halogens is 1. The molecular formula is C21H21BrN2O3S. The summed E-state index contributed by atoms with van der Waals surface area (Å²) in [6, 6.07) is 13.7. The number of aromatic nitrogens is 1. The van der Waals surface area contributed by atoms with Crippen molar-refractivity contribution < 1.29 is 14.3 Å². The minimum Gasteiger partial charge on any atom is -0.493 e. The predicted octanol–water partition coefficient (Wildman–Crippen LogP) is 5.47. The van der Waals surface area contributed by atoms with Gasteiger partial charge in [0.15, 0.2) is 16.6 Å². The number of carbonyl (C=O) groups excluding carboxylic acids is 1. The van der Waals surface area contributed by atoms with E-state index < -0.39 is 0 Å². The summed E-state index contributed by atoms with van der Waals surface area (Å²) in [5, 5.41) is 3.53. The first-order valence-corrected chi connectivity index (χ1v) is 10.3. The molecule has 7 heteroatoms. The monoisotopic (exact) mass is 460 g/mol. The van der Waals surface area contributed by atoms with Crippen molar-refractivity contribution in [1.29, 1.82) is 0 Å². The number of nitrogens with one attached hydrogen (secondary N) is 1. The van der Waals surface area contributed by atoms with E-state index in [4.69, 9.17) is 9.47 Å². The Labute approximate surface area is 176 Å². The van der Waals surface area contributed by atoms with Gasteiger partial charge >= 0.3 is 0 Å². The van der Waals surface area contributed by atoms with E-state index in [9.17, 15) is 4.79 Å². The van der Waals surface area contributed by atoms with E-state index in [1.54, 1.807) is 14.2 Å². The number of carbonyl (C=O) groups is 1. The van der Waals surface area contributed by atoms with Crippen LogP contribution in [0.5, 0.6) is 11.5 Å². The number of hydrogen-bond acceptors (Lipinski definition) is 5. The van der Waals surface area contributed by atoms with Crippen LogP contribution in [0.3, 0.4) is 0 Å². The van der Waals surface area contributed by atoms with E-state index in [1.165, 1.54) is 11.3 Å². The highest BCUT2D eigenvalue weighted by Gasteiger charge is 2.13. The fraction of sp³-hybridized carbons (Fsp3) is 0.238. The molecule has 1 amide bonds. The Morgan fingerprint density at radius 1 is 1.11 bits per heavy atom. The summed E-state index contributed by atoms with van der Waals surface area (Å²) in [7, 11) is 3.20. The summed E-state index contributed by atoms with van der Waals surface area (Å²) in [5.74, 6) is 1.27. The molecule has 3 aromatic rings. The summed E-state index contributed by atoms with van der Waals surface area (Å²) >= 11 is 4.92. The van der Waals surface area contributed by atoms with Crippen LogP contribution in [-0.4, -0.2) is 25.1 Å². The third-order valence-electron chi connectivity index (χ3n) is 4.25. The van der Waals surface area contributed by atoms with Crippen LogP contribution >= 0.6 is 27.3 Å². The molecule has 0 aliphatic carbocycles. The van der Waals surface area contributed by atoms with Crippen molar-refractivity contribution in [3.05, 3.63) is 57.4 Å². The topological polar surface area (TPSA) is 60.5 Å². The van der Waals surface area contributed by atoms with Crippen LogP contribution in [-0.2, 0) is 11.2 Å². The van der Waals surface area contributed by atoms with Crippen LogP contribution in [0.25, 0.3) is 11.3 Å². The fourth-order valence-electron chi connectivity index (χ4n) is 2.80. The van der Waals surface area contributed by atoms with Crippen LogP contribution in [0, 0.1) is 6.92 Å². The zero-order valence-corrected chi connectivity index (χ0v) is 18.3. The number of methoxy groups -OCH3 is 2. The van der Waals surface area contributed by atoms with Crippen molar-refractivity contribution >= 4 is 38.3 Å². The van der Waals surface area contributed by atoms with Gasteiger partial charge in [-0.25, -0.2) is 4.98 Å². The maximum atomic E-state index is 12.4. The molecule has 0 bridgehead atoms. The molecule has 0 radical (unpaired) electrons. The average Bonchev–Trinajstić information content (AvgIpc) is 3.06. The molecule has 0 unspecified atom stereocenters. The molecule has 0 aliphatic heterocycles. The largest absolute Gasteiger partial charge is 0.493 e. The van der Waals surface area contributed by atoms with E-state index in [0.29, 0.717) is 29.5 Å². The fourth-order valence-corrected chi connectivity index (χ4v) is 3.92. The number of aryl methyl sites for hydroxylation is 2. The Morgan fingerprint density at radius 2 is 1.82 bits per heavy atom. The number of nitrogens with zero attached hydrogens (tertiary/aromatic N) is 1. The van der Waals surface area contributed by atoms with Gasteiger partial charge in [-0.2, -0.15) is 0 Å². The Hall–Kier alpha value is -2.38. The zero-order chi connectivity index (χ0) is 20.1. The zero-order valence-electron chi connectivity index (χ0n) is 15.9. The molecule has 1 N–H and O–H groups in total. The molecule has 0 spiro atoms. The van der Waals surface area contributed by atoms with Crippen LogP contribution in [0.15, 0.2) is 46.9 Å². The van der Waals surface area contributed by atoms with Crippen molar-refractivity contribution in [2.75, 3.05) is 19.5 Å². The Bertz CT molecular complexity index is 970. The molecule has 0 fully saturated rings. The normalized spacial score (nSPS) is 10.6. The Morgan fingerprint density at radius 3 is 2.50 bits per heavy atom. The molecule has 0 saturated carbocycles. The average molecular weight is 461 g/mol. The van der Waals surface area contributed by atoms with Gasteiger partial charge in [-0.15, -0.1) is 11.3 Å². The summed E-state index contributed by atoms with van der Waals surface area (Å²) in [6.45, 7) is 2.01. The first-order chi connectivity index (χ1) is 13.5. The Balaban J connectivity index is 1.62. The number of amides is 1. The molecule has 146 valence electrons. The van der Waals surface area contributed by atoms with Gasteiger partial charge in [0.1, 0.15) is 0 Å². The van der Waals surface area contributed by atoms with Gasteiger partial charge in [-0.05, 0) is 43.2 Å². The van der Waals surface area contributed by atoms with Crippen LogP contribution in [0.2, 0.25) is 0 Å². The predicted molar refractivity (Wildman–Crippen MR) is 116 cm³/mol. The molecule has 28 heavy (non-hydrogen) atoms. The van der Waals surface area contributed by atoms with Gasteiger partial charge in [-0.3, -0.25) is 4.79 Å². The van der Waals surface area contributed by atoms with E-state index in [1.807, 2.05) is 49.4 Å². The van der Waals surface area contributed by atoms with Gasteiger partial charge in [0.05, 0.1) is 19.9 Å². The summed E-state index contributed by atoms with van der Waals surface area (Å²) in [4.78, 5) is 18.0. The first kappa shape index (κ1) is 20.4. The molecule has 0 aliphatic rings. The lowest BCUT2D eigenvalue weighted by Crippen LogP contribution is -2.12. The number of benzene rings is 2. The quantitative estimate of drug-likeness (QED) is 0.507. The number of ether oxygens (including phenoxy) is 2. The summed E-state index contributed by atoms with van der Waals surface area (Å²) in [5.41, 5.74) is 2.94. The molecule has 3 rings (SSSR count). The SMILES string of the molecule is COc1ccc(CCC(=O)Nc2nc(-c3ccc(Br)cc3)c(C)s2)cc1OC. The number of rotatable bonds is 7. The number of hydrogen-bond donors (Lipinski definition) is 1.